The fraction of sp³-hybridized carbons (Fsp3) is 0.652. The summed E-state index contributed by atoms with van der Waals surface area (Å²) in [6.45, 7) is 7.49. The maximum atomic E-state index is 12.6. The zero-order valence-corrected chi connectivity index (χ0v) is 18.1. The fourth-order valence-electron chi connectivity index (χ4n) is 5.48. The number of anilines is 1. The average Bonchev–Trinajstić information content (AvgIpc) is 3.33. The lowest BCUT2D eigenvalue weighted by Gasteiger charge is -2.35. The van der Waals surface area contributed by atoms with Crippen LogP contribution in [0.4, 0.5) is 5.82 Å². The molecule has 2 saturated heterocycles. The molecule has 2 atom stereocenters. The van der Waals surface area contributed by atoms with E-state index in [0.29, 0.717) is 17.7 Å². The summed E-state index contributed by atoms with van der Waals surface area (Å²) in [5.41, 5.74) is 0. The highest BCUT2D eigenvalue weighted by atomic mass is 32.1. The lowest BCUT2D eigenvalue weighted by Crippen LogP contribution is -2.46. The molecule has 0 radical (unpaired) electrons. The average molecular weight is 413 g/mol. The summed E-state index contributed by atoms with van der Waals surface area (Å²) in [5, 5.41) is 1.29. The molecule has 5 rings (SSSR count). The van der Waals surface area contributed by atoms with Gasteiger partial charge in [-0.15, -0.1) is 0 Å². The topological polar surface area (TPSA) is 39.7 Å². The first kappa shape index (κ1) is 19.3. The molecule has 2 aromatic rings. The first-order valence-corrected chi connectivity index (χ1v) is 12.2. The van der Waals surface area contributed by atoms with Gasteiger partial charge in [-0.3, -0.25) is 9.69 Å². The molecular weight excluding hydrogens is 380 g/mol. The second-order valence-electron chi connectivity index (χ2n) is 8.97. The van der Waals surface area contributed by atoms with E-state index in [1.165, 1.54) is 41.6 Å². The van der Waals surface area contributed by atoms with Crippen LogP contribution in [-0.2, 0) is 4.79 Å². The minimum Gasteiger partial charge on any atom is -0.353 e. The molecule has 3 heterocycles. The van der Waals surface area contributed by atoms with E-state index in [9.17, 15) is 4.79 Å². The molecule has 156 valence electrons. The molecule has 29 heavy (non-hydrogen) atoms. The Hall–Kier alpha value is -1.66. The predicted octanol–water partition coefficient (Wildman–Crippen LogP) is 3.85. The number of rotatable bonds is 6. The number of piperazine rings is 1. The van der Waals surface area contributed by atoms with Gasteiger partial charge in [0.15, 0.2) is 0 Å². The van der Waals surface area contributed by atoms with Crippen LogP contribution >= 0.6 is 11.5 Å². The van der Waals surface area contributed by atoms with Gasteiger partial charge in [0.25, 0.3) is 0 Å². The summed E-state index contributed by atoms with van der Waals surface area (Å²) in [4.78, 5) is 19.8. The predicted molar refractivity (Wildman–Crippen MR) is 120 cm³/mol. The number of nitrogens with zero attached hydrogens (tertiary/aromatic N) is 4. The van der Waals surface area contributed by atoms with Gasteiger partial charge in [-0.05, 0) is 61.8 Å². The van der Waals surface area contributed by atoms with Crippen molar-refractivity contribution >= 4 is 33.3 Å². The minimum atomic E-state index is 0.360. The molecule has 5 nitrogen and oxygen atoms in total. The quantitative estimate of drug-likeness (QED) is 0.676. The van der Waals surface area contributed by atoms with Gasteiger partial charge in [-0.1, -0.05) is 25.0 Å². The molecule has 0 spiro atoms. The van der Waals surface area contributed by atoms with Gasteiger partial charge in [-0.2, -0.15) is 4.37 Å². The zero-order chi connectivity index (χ0) is 19.6. The van der Waals surface area contributed by atoms with Gasteiger partial charge in [-0.25, -0.2) is 0 Å². The largest absolute Gasteiger partial charge is 0.353 e. The Bertz CT molecular complexity index is 844. The van der Waals surface area contributed by atoms with Crippen LogP contribution in [0.25, 0.3) is 10.1 Å². The number of hydrogen-bond acceptors (Lipinski definition) is 5. The Morgan fingerprint density at radius 1 is 1.00 bits per heavy atom. The van der Waals surface area contributed by atoms with Crippen molar-refractivity contribution in [3.05, 3.63) is 24.3 Å². The van der Waals surface area contributed by atoms with Crippen LogP contribution in [0.5, 0.6) is 0 Å². The normalized spacial score (nSPS) is 25.7. The van der Waals surface area contributed by atoms with Gasteiger partial charge in [0, 0.05) is 50.6 Å². The van der Waals surface area contributed by atoms with E-state index >= 15 is 0 Å². The van der Waals surface area contributed by atoms with Crippen LogP contribution in [0, 0.1) is 11.8 Å². The third kappa shape index (κ3) is 4.02. The molecule has 1 aromatic heterocycles. The molecule has 0 bridgehead atoms. The van der Waals surface area contributed by atoms with Crippen molar-refractivity contribution in [2.75, 3.05) is 50.7 Å². The van der Waals surface area contributed by atoms with Crippen molar-refractivity contribution in [3.63, 3.8) is 0 Å². The van der Waals surface area contributed by atoms with Gasteiger partial charge >= 0.3 is 0 Å². The van der Waals surface area contributed by atoms with Crippen molar-refractivity contribution in [3.8, 4) is 0 Å². The lowest BCUT2D eigenvalue weighted by atomic mass is 9.81. The molecule has 0 unspecified atom stereocenters. The van der Waals surface area contributed by atoms with Crippen LogP contribution < -0.4 is 4.90 Å². The molecule has 1 amide bonds. The Labute approximate surface area is 177 Å². The zero-order valence-electron chi connectivity index (χ0n) is 17.3. The van der Waals surface area contributed by atoms with Crippen molar-refractivity contribution in [1.82, 2.24) is 14.2 Å². The first-order valence-electron chi connectivity index (χ1n) is 11.4. The SMILES string of the molecule is O=C1[C@@H]2CCCC[C@@H]2CN1CCCCN1CCN(c2nsc3ccccc23)CC1. The van der Waals surface area contributed by atoms with E-state index < -0.39 is 0 Å². The van der Waals surface area contributed by atoms with Crippen LogP contribution in [0.3, 0.4) is 0 Å². The summed E-state index contributed by atoms with van der Waals surface area (Å²) in [5.74, 6) is 2.64. The second-order valence-corrected chi connectivity index (χ2v) is 9.78. The number of benzene rings is 1. The molecule has 1 aromatic carbocycles. The molecule has 6 heteroatoms. The van der Waals surface area contributed by atoms with E-state index in [4.69, 9.17) is 4.37 Å². The Kier molecular flexibility index (Phi) is 5.73. The highest BCUT2D eigenvalue weighted by Gasteiger charge is 2.40. The van der Waals surface area contributed by atoms with Crippen LogP contribution in [-0.4, -0.2) is 65.9 Å². The van der Waals surface area contributed by atoms with Gasteiger partial charge in [0.2, 0.25) is 5.91 Å². The van der Waals surface area contributed by atoms with Crippen LogP contribution in [0.15, 0.2) is 24.3 Å². The van der Waals surface area contributed by atoms with E-state index in [1.807, 2.05) is 0 Å². The number of amides is 1. The Balaban J connectivity index is 1.04. The number of unbranched alkanes of at least 4 members (excludes halogenated alkanes) is 1. The van der Waals surface area contributed by atoms with E-state index in [-0.39, 0.29) is 0 Å². The maximum Gasteiger partial charge on any atom is 0.226 e. The van der Waals surface area contributed by atoms with Crippen molar-refractivity contribution in [2.24, 2.45) is 11.8 Å². The van der Waals surface area contributed by atoms with Crippen molar-refractivity contribution in [2.45, 2.75) is 38.5 Å². The standard InChI is InChI=1S/C23H32N4OS/c28-23-19-8-2-1-7-18(19)17-27(23)12-6-5-11-25-13-15-26(16-14-25)22-20-9-3-4-10-21(20)29-24-22/h3-4,9-10,18-19H,1-2,5-8,11-17H2/t18-,19-/m1/s1. The fourth-order valence-corrected chi connectivity index (χ4v) is 6.28. The van der Waals surface area contributed by atoms with Gasteiger partial charge in [0.05, 0.1) is 4.70 Å². The number of likely N-dealkylation sites (tertiary alicyclic amines) is 1. The summed E-state index contributed by atoms with van der Waals surface area (Å²) >= 11 is 1.61. The Morgan fingerprint density at radius 3 is 2.66 bits per heavy atom. The third-order valence-corrected chi connectivity index (χ3v) is 7.99. The summed E-state index contributed by atoms with van der Waals surface area (Å²) < 4.78 is 5.99. The number of carbonyl (C=O) groups excluding carboxylic acids is 1. The lowest BCUT2D eigenvalue weighted by molar-refractivity contribution is -0.131. The number of fused-ring (bicyclic) bond motifs is 2. The van der Waals surface area contributed by atoms with E-state index in [0.717, 1.165) is 58.7 Å². The molecule has 3 fully saturated rings. The number of hydrogen-bond donors (Lipinski definition) is 0. The van der Waals surface area contributed by atoms with Crippen LogP contribution in [0.1, 0.15) is 38.5 Å². The number of aromatic nitrogens is 1. The Morgan fingerprint density at radius 2 is 1.79 bits per heavy atom. The van der Waals surface area contributed by atoms with Crippen molar-refractivity contribution in [1.29, 1.82) is 0 Å². The summed E-state index contributed by atoms with van der Waals surface area (Å²) in [7, 11) is 0. The maximum absolute atomic E-state index is 12.6. The molecule has 1 aliphatic carbocycles. The first-order chi connectivity index (χ1) is 14.3. The van der Waals surface area contributed by atoms with E-state index in [1.54, 1.807) is 11.5 Å². The van der Waals surface area contributed by atoms with E-state index in [2.05, 4.69) is 39.0 Å². The second kappa shape index (κ2) is 8.60. The monoisotopic (exact) mass is 412 g/mol. The molecule has 3 aliphatic rings. The minimum absolute atomic E-state index is 0.360. The smallest absolute Gasteiger partial charge is 0.226 e. The molecule has 0 N–H and O–H groups in total. The highest BCUT2D eigenvalue weighted by Crippen LogP contribution is 2.37. The number of carbonyl (C=O) groups is 1. The van der Waals surface area contributed by atoms with Gasteiger partial charge in [0.1, 0.15) is 5.82 Å². The summed E-state index contributed by atoms with van der Waals surface area (Å²) in [6, 6.07) is 8.55. The molecule has 1 saturated carbocycles. The van der Waals surface area contributed by atoms with Gasteiger partial charge < -0.3 is 9.80 Å². The molecule has 2 aliphatic heterocycles. The molecular formula is C23H32N4OS. The highest BCUT2D eigenvalue weighted by molar-refractivity contribution is 7.13. The van der Waals surface area contributed by atoms with Crippen LogP contribution in [0.2, 0.25) is 0 Å². The summed E-state index contributed by atoms with van der Waals surface area (Å²) in [6.07, 6.45) is 7.32. The third-order valence-electron chi connectivity index (χ3n) is 7.18. The van der Waals surface area contributed by atoms with Crippen molar-refractivity contribution < 1.29 is 4.79 Å².